The molecule has 1 heterocycles. The summed E-state index contributed by atoms with van der Waals surface area (Å²) in [5, 5.41) is 2.92. The summed E-state index contributed by atoms with van der Waals surface area (Å²) in [7, 11) is 0. The molecule has 1 aliphatic rings. The van der Waals surface area contributed by atoms with Crippen LogP contribution >= 0.6 is 0 Å². The average molecular weight is 382 g/mol. The van der Waals surface area contributed by atoms with Gasteiger partial charge in [-0.1, -0.05) is 43.3 Å². The number of benzene rings is 2. The molecule has 0 aliphatic carbocycles. The first kappa shape index (κ1) is 19.7. The Bertz CT molecular complexity index is 823. The third-order valence-corrected chi connectivity index (χ3v) is 4.73. The van der Waals surface area contributed by atoms with Gasteiger partial charge >= 0.3 is 0 Å². The van der Waals surface area contributed by atoms with Gasteiger partial charge in [0.15, 0.2) is 11.5 Å². The minimum atomic E-state index is -0.562. The van der Waals surface area contributed by atoms with Gasteiger partial charge in [0.25, 0.3) is 0 Å². The Hall–Kier alpha value is -3.02. The van der Waals surface area contributed by atoms with E-state index < -0.39 is 6.04 Å². The maximum atomic E-state index is 12.7. The van der Waals surface area contributed by atoms with Crippen molar-refractivity contribution in [3.63, 3.8) is 0 Å². The first-order valence-corrected chi connectivity index (χ1v) is 9.58. The summed E-state index contributed by atoms with van der Waals surface area (Å²) in [5.74, 6) is 1.20. The van der Waals surface area contributed by atoms with Crippen LogP contribution in [-0.2, 0) is 22.7 Å². The highest BCUT2D eigenvalue weighted by molar-refractivity contribution is 5.87. The Morgan fingerprint density at radius 1 is 1.07 bits per heavy atom. The molecule has 0 aromatic heterocycles. The number of hydrogen-bond donors (Lipinski definition) is 1. The third-order valence-electron chi connectivity index (χ3n) is 4.73. The van der Waals surface area contributed by atoms with Gasteiger partial charge in [-0.25, -0.2) is 0 Å². The number of ether oxygens (including phenoxy) is 2. The number of nitrogens with one attached hydrogen (secondary N) is 1. The molecule has 0 radical (unpaired) electrons. The van der Waals surface area contributed by atoms with E-state index in [4.69, 9.17) is 9.47 Å². The Morgan fingerprint density at radius 3 is 2.57 bits per heavy atom. The zero-order chi connectivity index (χ0) is 19.9. The molecule has 0 saturated heterocycles. The maximum absolute atomic E-state index is 12.7. The van der Waals surface area contributed by atoms with Crippen LogP contribution in [0.3, 0.4) is 0 Å². The fourth-order valence-corrected chi connectivity index (χ4v) is 3.11. The predicted molar refractivity (Wildman–Crippen MR) is 106 cm³/mol. The van der Waals surface area contributed by atoms with E-state index in [9.17, 15) is 9.59 Å². The van der Waals surface area contributed by atoms with Crippen molar-refractivity contribution in [1.29, 1.82) is 0 Å². The lowest BCUT2D eigenvalue weighted by Gasteiger charge is -2.28. The lowest BCUT2D eigenvalue weighted by molar-refractivity contribution is -0.140. The molecule has 1 N–H and O–H groups in total. The van der Waals surface area contributed by atoms with Crippen molar-refractivity contribution < 1.29 is 19.1 Å². The largest absolute Gasteiger partial charge is 0.454 e. The number of nitrogens with zero attached hydrogens (tertiary/aromatic N) is 1. The number of amides is 2. The molecule has 2 aromatic rings. The van der Waals surface area contributed by atoms with E-state index in [1.807, 2.05) is 55.5 Å². The van der Waals surface area contributed by atoms with Gasteiger partial charge in [-0.3, -0.25) is 9.59 Å². The van der Waals surface area contributed by atoms with Gasteiger partial charge in [0.1, 0.15) is 6.04 Å². The van der Waals surface area contributed by atoms with Crippen molar-refractivity contribution in [3.05, 3.63) is 59.7 Å². The highest BCUT2D eigenvalue weighted by atomic mass is 16.7. The van der Waals surface area contributed by atoms with Crippen LogP contribution in [0.15, 0.2) is 48.5 Å². The summed E-state index contributed by atoms with van der Waals surface area (Å²) < 4.78 is 10.7. The van der Waals surface area contributed by atoms with Gasteiger partial charge in [0, 0.05) is 19.5 Å². The van der Waals surface area contributed by atoms with Gasteiger partial charge < -0.3 is 19.7 Å². The van der Waals surface area contributed by atoms with Gasteiger partial charge in [-0.05, 0) is 36.6 Å². The van der Waals surface area contributed by atoms with Crippen LogP contribution in [0.1, 0.15) is 37.8 Å². The fourth-order valence-electron chi connectivity index (χ4n) is 3.11. The summed E-state index contributed by atoms with van der Waals surface area (Å²) >= 11 is 0. The van der Waals surface area contributed by atoms with Gasteiger partial charge in [-0.2, -0.15) is 0 Å². The van der Waals surface area contributed by atoms with E-state index in [-0.39, 0.29) is 18.6 Å². The Balaban J connectivity index is 1.64. The molecule has 6 heteroatoms. The van der Waals surface area contributed by atoms with Gasteiger partial charge in [-0.15, -0.1) is 0 Å². The second kappa shape index (κ2) is 9.26. The Morgan fingerprint density at radius 2 is 1.82 bits per heavy atom. The third kappa shape index (κ3) is 4.82. The standard InChI is InChI=1S/C22H26N2O4/c1-3-7-21(25)24(14-17-8-5-4-6-9-17)16(2)22(26)23-13-18-10-11-19-20(12-18)28-15-27-19/h4-6,8-12,16H,3,7,13-15H2,1-2H3,(H,23,26)/t16-/m0/s1. The topological polar surface area (TPSA) is 67.9 Å². The molecule has 28 heavy (non-hydrogen) atoms. The highest BCUT2D eigenvalue weighted by Crippen LogP contribution is 2.32. The van der Waals surface area contributed by atoms with Crippen molar-refractivity contribution in [3.8, 4) is 11.5 Å². The van der Waals surface area contributed by atoms with E-state index in [0.717, 1.165) is 17.5 Å². The van der Waals surface area contributed by atoms with Crippen LogP contribution in [0.4, 0.5) is 0 Å². The number of rotatable bonds is 8. The molecule has 148 valence electrons. The quantitative estimate of drug-likeness (QED) is 0.761. The zero-order valence-corrected chi connectivity index (χ0v) is 16.3. The lowest BCUT2D eigenvalue weighted by atomic mass is 10.1. The number of hydrogen-bond acceptors (Lipinski definition) is 4. The number of carbonyl (C=O) groups excluding carboxylic acids is 2. The molecule has 0 spiro atoms. The molecule has 0 bridgehead atoms. The van der Waals surface area contributed by atoms with Gasteiger partial charge in [0.2, 0.25) is 18.6 Å². The number of fused-ring (bicyclic) bond motifs is 1. The minimum absolute atomic E-state index is 0.0166. The predicted octanol–water partition coefficient (Wildman–Crippen LogP) is 3.25. The van der Waals surface area contributed by atoms with Crippen LogP contribution in [0.5, 0.6) is 11.5 Å². The van der Waals surface area contributed by atoms with Crippen LogP contribution in [0, 0.1) is 0 Å². The van der Waals surface area contributed by atoms with E-state index >= 15 is 0 Å². The normalized spacial score (nSPS) is 13.1. The second-order valence-electron chi connectivity index (χ2n) is 6.84. The highest BCUT2D eigenvalue weighted by Gasteiger charge is 2.25. The monoisotopic (exact) mass is 382 g/mol. The molecule has 2 aromatic carbocycles. The maximum Gasteiger partial charge on any atom is 0.242 e. The van der Waals surface area contributed by atoms with Gasteiger partial charge in [0.05, 0.1) is 0 Å². The van der Waals surface area contributed by atoms with E-state index in [2.05, 4.69) is 5.32 Å². The molecule has 2 amide bonds. The number of carbonyl (C=O) groups is 2. The average Bonchev–Trinajstić information content (AvgIpc) is 3.18. The van der Waals surface area contributed by atoms with E-state index in [1.165, 1.54) is 0 Å². The summed E-state index contributed by atoms with van der Waals surface area (Å²) in [5.41, 5.74) is 1.92. The summed E-state index contributed by atoms with van der Waals surface area (Å²) in [6.07, 6.45) is 1.17. The van der Waals surface area contributed by atoms with Crippen molar-refractivity contribution in [1.82, 2.24) is 10.2 Å². The molecule has 1 atom stereocenters. The van der Waals surface area contributed by atoms with Crippen molar-refractivity contribution in [2.45, 2.75) is 45.8 Å². The molecule has 0 fully saturated rings. The van der Waals surface area contributed by atoms with Crippen LogP contribution < -0.4 is 14.8 Å². The smallest absolute Gasteiger partial charge is 0.242 e. The van der Waals surface area contributed by atoms with E-state index in [0.29, 0.717) is 31.0 Å². The van der Waals surface area contributed by atoms with Crippen LogP contribution in [-0.4, -0.2) is 29.5 Å². The fraction of sp³-hybridized carbons (Fsp3) is 0.364. The van der Waals surface area contributed by atoms with Crippen molar-refractivity contribution >= 4 is 11.8 Å². The second-order valence-corrected chi connectivity index (χ2v) is 6.84. The molecule has 0 saturated carbocycles. The molecular weight excluding hydrogens is 356 g/mol. The summed E-state index contributed by atoms with van der Waals surface area (Å²) in [4.78, 5) is 27.0. The first-order valence-electron chi connectivity index (χ1n) is 9.58. The molecule has 0 unspecified atom stereocenters. The van der Waals surface area contributed by atoms with Crippen LogP contribution in [0.2, 0.25) is 0 Å². The van der Waals surface area contributed by atoms with Crippen LogP contribution in [0.25, 0.3) is 0 Å². The summed E-state index contributed by atoms with van der Waals surface area (Å²) in [6, 6.07) is 14.7. The SMILES string of the molecule is CCCC(=O)N(Cc1ccccc1)[C@@H](C)C(=O)NCc1ccc2c(c1)OCO2. The minimum Gasteiger partial charge on any atom is -0.454 e. The summed E-state index contributed by atoms with van der Waals surface area (Å²) in [6.45, 7) is 4.73. The van der Waals surface area contributed by atoms with E-state index in [1.54, 1.807) is 11.8 Å². The molecule has 3 rings (SSSR count). The Kier molecular flexibility index (Phi) is 6.53. The Labute approximate surface area is 165 Å². The molecule has 1 aliphatic heterocycles. The molecular formula is C22H26N2O4. The van der Waals surface area contributed by atoms with Crippen molar-refractivity contribution in [2.24, 2.45) is 0 Å². The first-order chi connectivity index (χ1) is 13.6. The van der Waals surface area contributed by atoms with Crippen molar-refractivity contribution in [2.75, 3.05) is 6.79 Å². The molecule has 6 nitrogen and oxygen atoms in total. The zero-order valence-electron chi connectivity index (χ0n) is 16.3. The lowest BCUT2D eigenvalue weighted by Crippen LogP contribution is -2.47.